The lowest BCUT2D eigenvalue weighted by Gasteiger charge is -2.25. The molecule has 0 aliphatic heterocycles. The Bertz CT molecular complexity index is 1470. The van der Waals surface area contributed by atoms with Crippen LogP contribution >= 0.6 is 7.82 Å². The van der Waals surface area contributed by atoms with Crippen LogP contribution in [-0.2, 0) is 18.4 Å². The fraction of sp³-hybridized carbons (Fsp3) is 0.678. The first kappa shape index (κ1) is 65.2. The molecule has 3 N–H and O–H groups in total. The van der Waals surface area contributed by atoms with E-state index in [0.717, 1.165) is 89.9 Å². The van der Waals surface area contributed by atoms with Gasteiger partial charge in [-0.05, 0) is 83.5 Å². The summed E-state index contributed by atoms with van der Waals surface area (Å²) in [4.78, 5) is 23.1. The molecule has 9 heteroatoms. The largest absolute Gasteiger partial charge is 0.472 e. The van der Waals surface area contributed by atoms with Crippen molar-refractivity contribution in [1.82, 2.24) is 5.32 Å². The monoisotopic (exact) mass is 968 g/mol. The molecule has 0 aromatic rings. The maximum atomic E-state index is 12.8. The van der Waals surface area contributed by atoms with Gasteiger partial charge in [0.1, 0.15) is 13.2 Å². The predicted octanol–water partition coefficient (Wildman–Crippen LogP) is 16.4. The molecular formula is C59H104N2O6P+. The van der Waals surface area contributed by atoms with Crippen LogP contribution in [-0.4, -0.2) is 73.4 Å². The number of likely N-dealkylation sites (N-methyl/N-ethyl adjacent to an activating group) is 1. The number of phosphoric ester groups is 1. The lowest BCUT2D eigenvalue weighted by Crippen LogP contribution is -2.45. The van der Waals surface area contributed by atoms with E-state index in [4.69, 9.17) is 9.05 Å². The van der Waals surface area contributed by atoms with Gasteiger partial charge in [-0.15, -0.1) is 0 Å². The molecule has 0 fully saturated rings. The predicted molar refractivity (Wildman–Crippen MR) is 295 cm³/mol. The molecule has 0 rings (SSSR count). The van der Waals surface area contributed by atoms with Crippen molar-refractivity contribution in [2.45, 2.75) is 219 Å². The highest BCUT2D eigenvalue weighted by Gasteiger charge is 2.27. The van der Waals surface area contributed by atoms with Crippen molar-refractivity contribution in [2.75, 3.05) is 40.9 Å². The van der Waals surface area contributed by atoms with Gasteiger partial charge >= 0.3 is 7.82 Å². The molecule has 8 nitrogen and oxygen atoms in total. The minimum Gasteiger partial charge on any atom is -0.387 e. The number of phosphoric acid groups is 1. The molecule has 0 aliphatic rings. The van der Waals surface area contributed by atoms with Crippen molar-refractivity contribution in [2.24, 2.45) is 0 Å². The minimum absolute atomic E-state index is 0.0522. The molecule has 0 radical (unpaired) electrons. The summed E-state index contributed by atoms with van der Waals surface area (Å²) in [6, 6.07) is -0.864. The molecule has 0 saturated carbocycles. The molecule has 3 unspecified atom stereocenters. The standard InChI is InChI=1S/C59H103N2O6P/c1-6-8-10-12-14-15-16-17-18-19-20-21-22-23-24-25-26-27-28-29-30-31-32-33-34-35-36-37-38-39-40-41-42-43-44-45-47-49-51-53-59(63)60-57(58(62)52-50-48-46-13-11-9-7-2)56-67-68(64,65)66-55-54-61(3,4)5/h8,10-11,13-15,17-18,20-21,23-24,26-27,29-30,50,52,57-58,62H,6-7,9,12,16,19,22,25,28,31-49,51,53-56H2,1-5H3,(H-,60,63,64,65)/p+1/b10-8-,13-11+,15-14-,18-17-,21-20-,24-23-,27-26-,30-29-,52-50+. The number of nitrogens with zero attached hydrogens (tertiary/aromatic N) is 1. The van der Waals surface area contributed by atoms with E-state index >= 15 is 0 Å². The maximum Gasteiger partial charge on any atom is 0.472 e. The normalized spacial score (nSPS) is 14.9. The molecule has 0 saturated heterocycles. The lowest BCUT2D eigenvalue weighted by atomic mass is 10.0. The van der Waals surface area contributed by atoms with Gasteiger partial charge < -0.3 is 19.8 Å². The average Bonchev–Trinajstić information content (AvgIpc) is 3.30. The van der Waals surface area contributed by atoms with Crippen LogP contribution in [0.25, 0.3) is 0 Å². The lowest BCUT2D eigenvalue weighted by molar-refractivity contribution is -0.870. The maximum absolute atomic E-state index is 12.8. The van der Waals surface area contributed by atoms with Crippen LogP contribution in [0.4, 0.5) is 0 Å². The smallest absolute Gasteiger partial charge is 0.387 e. The molecule has 390 valence electrons. The fourth-order valence-electron chi connectivity index (χ4n) is 7.22. The zero-order valence-corrected chi connectivity index (χ0v) is 45.2. The molecule has 0 spiro atoms. The molecule has 0 aromatic carbocycles. The van der Waals surface area contributed by atoms with E-state index in [2.05, 4.69) is 116 Å². The summed E-state index contributed by atoms with van der Waals surface area (Å²) < 4.78 is 23.5. The van der Waals surface area contributed by atoms with Crippen LogP contribution in [0.15, 0.2) is 109 Å². The number of carbonyl (C=O) groups is 1. The Morgan fingerprint density at radius 1 is 0.515 bits per heavy atom. The molecule has 0 bridgehead atoms. The Hall–Kier alpha value is -2.84. The SMILES string of the molecule is CC/C=C\C/C=C\C/C=C\C/C=C\C/C=C\C/C=C\C/C=C\CCCCCCCCCCCCCCCCCCCC(=O)NC(COP(=O)(O)OCC[N+](C)(C)C)C(O)/C=C/CC/C=C/CCC. The van der Waals surface area contributed by atoms with E-state index < -0.39 is 20.0 Å². The highest BCUT2D eigenvalue weighted by atomic mass is 31.2. The van der Waals surface area contributed by atoms with E-state index in [1.807, 2.05) is 27.2 Å². The Kier molecular flexibility index (Phi) is 47.1. The van der Waals surface area contributed by atoms with Crippen molar-refractivity contribution in [1.29, 1.82) is 0 Å². The third kappa shape index (κ3) is 51.0. The highest BCUT2D eigenvalue weighted by Crippen LogP contribution is 2.43. The first-order chi connectivity index (χ1) is 33.0. The van der Waals surface area contributed by atoms with Gasteiger partial charge in [0.05, 0.1) is 39.9 Å². The quantitative estimate of drug-likeness (QED) is 0.0243. The number of rotatable bonds is 48. The number of carbonyl (C=O) groups excluding carboxylic acids is 1. The number of aliphatic hydroxyl groups is 1. The van der Waals surface area contributed by atoms with Crippen LogP contribution in [0.1, 0.15) is 206 Å². The Morgan fingerprint density at radius 3 is 1.34 bits per heavy atom. The second-order valence-corrected chi connectivity index (χ2v) is 20.7. The summed E-state index contributed by atoms with van der Waals surface area (Å²) in [7, 11) is 1.54. The van der Waals surface area contributed by atoms with Gasteiger partial charge in [0.25, 0.3) is 0 Å². The average molecular weight is 968 g/mol. The number of amides is 1. The van der Waals surface area contributed by atoms with E-state index in [9.17, 15) is 19.4 Å². The second kappa shape index (κ2) is 49.2. The summed E-state index contributed by atoms with van der Waals surface area (Å²) in [6.07, 6.45) is 72.4. The Morgan fingerprint density at radius 2 is 0.897 bits per heavy atom. The van der Waals surface area contributed by atoms with Gasteiger partial charge in [0, 0.05) is 6.42 Å². The summed E-state index contributed by atoms with van der Waals surface area (Å²) in [5, 5.41) is 13.7. The number of allylic oxidation sites excluding steroid dienone is 17. The molecule has 1 amide bonds. The summed E-state index contributed by atoms with van der Waals surface area (Å²) in [5.41, 5.74) is 0. The number of aliphatic hydroxyl groups excluding tert-OH is 1. The van der Waals surface area contributed by atoms with Crippen LogP contribution in [0.2, 0.25) is 0 Å². The number of quaternary nitrogens is 1. The third-order valence-electron chi connectivity index (χ3n) is 11.5. The number of hydrogen-bond acceptors (Lipinski definition) is 5. The third-order valence-corrected chi connectivity index (χ3v) is 12.4. The molecule has 0 heterocycles. The Balaban J connectivity index is 3.87. The van der Waals surface area contributed by atoms with Crippen LogP contribution in [0.3, 0.4) is 0 Å². The zero-order valence-electron chi connectivity index (χ0n) is 44.3. The van der Waals surface area contributed by atoms with Crippen LogP contribution in [0.5, 0.6) is 0 Å². The van der Waals surface area contributed by atoms with Crippen LogP contribution in [0, 0.1) is 0 Å². The molecule has 0 aliphatic carbocycles. The van der Waals surface area contributed by atoms with Crippen molar-refractivity contribution in [3.05, 3.63) is 109 Å². The van der Waals surface area contributed by atoms with Crippen molar-refractivity contribution in [3.8, 4) is 0 Å². The zero-order chi connectivity index (χ0) is 49.9. The van der Waals surface area contributed by atoms with Gasteiger partial charge in [-0.3, -0.25) is 13.8 Å². The molecule has 68 heavy (non-hydrogen) atoms. The first-order valence-electron chi connectivity index (χ1n) is 27.3. The van der Waals surface area contributed by atoms with Crippen molar-refractivity contribution < 1.29 is 32.9 Å². The Labute approximate surface area is 419 Å². The first-order valence-corrected chi connectivity index (χ1v) is 28.8. The van der Waals surface area contributed by atoms with Gasteiger partial charge in [-0.2, -0.15) is 0 Å². The van der Waals surface area contributed by atoms with E-state index in [1.54, 1.807) is 6.08 Å². The molecular weight excluding hydrogens is 864 g/mol. The van der Waals surface area contributed by atoms with Crippen LogP contribution < -0.4 is 5.32 Å². The minimum atomic E-state index is -4.34. The topological polar surface area (TPSA) is 105 Å². The van der Waals surface area contributed by atoms with Gasteiger partial charge in [-0.1, -0.05) is 226 Å². The van der Waals surface area contributed by atoms with Crippen molar-refractivity contribution in [3.63, 3.8) is 0 Å². The summed E-state index contributed by atoms with van der Waals surface area (Å²) >= 11 is 0. The van der Waals surface area contributed by atoms with Crippen molar-refractivity contribution >= 4 is 13.7 Å². The van der Waals surface area contributed by atoms with E-state index in [1.165, 1.54) is 96.3 Å². The van der Waals surface area contributed by atoms with Gasteiger partial charge in [0.15, 0.2) is 0 Å². The number of nitrogens with one attached hydrogen (secondary N) is 1. The highest BCUT2D eigenvalue weighted by molar-refractivity contribution is 7.47. The molecule has 3 atom stereocenters. The van der Waals surface area contributed by atoms with E-state index in [0.29, 0.717) is 17.4 Å². The second-order valence-electron chi connectivity index (χ2n) is 19.2. The number of hydrogen-bond donors (Lipinski definition) is 3. The number of unbranched alkanes of at least 4 members (excludes halogenated alkanes) is 19. The summed E-state index contributed by atoms with van der Waals surface area (Å²) in [6.45, 7) is 4.55. The van der Waals surface area contributed by atoms with Gasteiger partial charge in [-0.25, -0.2) is 4.57 Å². The summed E-state index contributed by atoms with van der Waals surface area (Å²) in [5.74, 6) is -0.195. The molecule has 0 aromatic heterocycles. The fourth-order valence-corrected chi connectivity index (χ4v) is 7.96. The van der Waals surface area contributed by atoms with E-state index in [-0.39, 0.29) is 19.1 Å². The van der Waals surface area contributed by atoms with Gasteiger partial charge in [0.2, 0.25) is 5.91 Å².